The Morgan fingerprint density at radius 1 is 1.06 bits per heavy atom. The van der Waals surface area contributed by atoms with E-state index in [4.69, 9.17) is 18.6 Å². The van der Waals surface area contributed by atoms with Crippen molar-refractivity contribution < 1.29 is 49.0 Å². The number of hydrogen-bond donors (Lipinski definition) is 5. The molecule has 0 spiro atoms. The lowest BCUT2D eigenvalue weighted by atomic mass is 9.49. The van der Waals surface area contributed by atoms with Crippen molar-refractivity contribution in [3.05, 3.63) is 33.4 Å². The number of carbonyl (C=O) groups is 1. The molecule has 1 aromatic heterocycles. The monoisotopic (exact) mass is 510 g/mol. The average molecular weight is 511 g/mol. The molecule has 5 N–H and O–H groups in total. The first-order chi connectivity index (χ1) is 16.8. The van der Waals surface area contributed by atoms with Gasteiger partial charge in [0, 0.05) is 28.9 Å². The van der Waals surface area contributed by atoms with Crippen molar-refractivity contribution in [2.24, 2.45) is 11.3 Å². The fourth-order valence-corrected chi connectivity index (χ4v) is 7.12. The largest absolute Gasteiger partial charge is 0.458 e. The molecule has 5 rings (SSSR count). The van der Waals surface area contributed by atoms with Gasteiger partial charge in [-0.3, -0.25) is 4.79 Å². The molecule has 11 heteroatoms. The lowest BCUT2D eigenvalue weighted by Crippen LogP contribution is -2.61. The third-order valence-electron chi connectivity index (χ3n) is 8.66. The third-order valence-corrected chi connectivity index (χ3v) is 8.66. The maximum atomic E-state index is 13.2. The second-order valence-corrected chi connectivity index (χ2v) is 11.4. The van der Waals surface area contributed by atoms with Gasteiger partial charge < -0.3 is 44.2 Å². The van der Waals surface area contributed by atoms with Crippen LogP contribution in [0.2, 0.25) is 0 Å². The highest BCUT2D eigenvalue weighted by Gasteiger charge is 2.69. The van der Waals surface area contributed by atoms with E-state index < -0.39 is 84.0 Å². The first-order valence-corrected chi connectivity index (χ1v) is 12.4. The number of aliphatic hydroxyl groups is 5. The molecule has 11 unspecified atom stereocenters. The van der Waals surface area contributed by atoms with Crippen molar-refractivity contribution in [3.8, 4) is 0 Å². The van der Waals surface area contributed by atoms with Crippen molar-refractivity contribution in [2.75, 3.05) is 6.61 Å². The Balaban J connectivity index is 1.57. The molecule has 2 aliphatic heterocycles. The van der Waals surface area contributed by atoms with E-state index in [-0.39, 0.29) is 18.8 Å². The predicted octanol–water partition coefficient (Wildman–Crippen LogP) is -0.405. The van der Waals surface area contributed by atoms with Gasteiger partial charge >= 0.3 is 11.6 Å². The number of carbonyl (C=O) groups excluding carboxylic acids is 1. The molecule has 4 aliphatic rings. The van der Waals surface area contributed by atoms with Crippen LogP contribution in [0.4, 0.5) is 0 Å². The lowest BCUT2D eigenvalue weighted by molar-refractivity contribution is -0.317. The summed E-state index contributed by atoms with van der Waals surface area (Å²) in [7, 11) is 0. The Labute approximate surface area is 207 Å². The molecule has 2 saturated heterocycles. The zero-order valence-electron chi connectivity index (χ0n) is 20.7. The summed E-state index contributed by atoms with van der Waals surface area (Å²) in [6, 6.07) is 1.36. The molecular formula is C25H34O11. The van der Waals surface area contributed by atoms with Crippen LogP contribution in [-0.4, -0.2) is 81.0 Å². The second-order valence-electron chi connectivity index (χ2n) is 11.4. The molecule has 0 radical (unpaired) electrons. The Hall–Kier alpha value is -1.86. The van der Waals surface area contributed by atoms with Crippen LogP contribution in [0.5, 0.6) is 0 Å². The fraction of sp³-hybridized carbons (Fsp3) is 0.760. The van der Waals surface area contributed by atoms with E-state index in [0.717, 1.165) is 0 Å². The molecule has 0 aromatic carbocycles. The molecule has 3 heterocycles. The van der Waals surface area contributed by atoms with E-state index in [9.17, 15) is 35.1 Å². The van der Waals surface area contributed by atoms with Gasteiger partial charge in [-0.25, -0.2) is 4.79 Å². The Bertz CT molecular complexity index is 1100. The molecule has 36 heavy (non-hydrogen) atoms. The summed E-state index contributed by atoms with van der Waals surface area (Å²) >= 11 is 0. The third kappa shape index (κ3) is 3.52. The molecule has 2 aliphatic carbocycles. The molecule has 200 valence electrons. The topological polar surface area (TPSA) is 176 Å². The molecule has 11 nitrogen and oxygen atoms in total. The highest BCUT2D eigenvalue weighted by Crippen LogP contribution is 2.64. The summed E-state index contributed by atoms with van der Waals surface area (Å²) in [5, 5.41) is 51.6. The lowest BCUT2D eigenvalue weighted by Gasteiger charge is -2.55. The Kier molecular flexibility index (Phi) is 6.15. The van der Waals surface area contributed by atoms with E-state index in [2.05, 4.69) is 0 Å². The van der Waals surface area contributed by atoms with Gasteiger partial charge in [0.25, 0.3) is 0 Å². The second kappa shape index (κ2) is 8.59. The number of esters is 1. The van der Waals surface area contributed by atoms with Crippen LogP contribution in [0.25, 0.3) is 0 Å². The molecular weight excluding hydrogens is 476 g/mol. The molecule has 1 aromatic rings. The van der Waals surface area contributed by atoms with Gasteiger partial charge in [0.15, 0.2) is 6.29 Å². The van der Waals surface area contributed by atoms with Gasteiger partial charge in [-0.05, 0) is 25.3 Å². The van der Waals surface area contributed by atoms with Crippen molar-refractivity contribution >= 4 is 5.97 Å². The van der Waals surface area contributed by atoms with Gasteiger partial charge in [-0.15, -0.1) is 0 Å². The van der Waals surface area contributed by atoms with Crippen LogP contribution < -0.4 is 5.63 Å². The van der Waals surface area contributed by atoms with E-state index in [1.54, 1.807) is 6.92 Å². The zero-order valence-corrected chi connectivity index (χ0v) is 20.7. The van der Waals surface area contributed by atoms with Crippen LogP contribution in [-0.2, 0) is 24.4 Å². The number of rotatable bonds is 4. The first-order valence-electron chi connectivity index (χ1n) is 12.4. The maximum Gasteiger partial charge on any atom is 0.336 e. The minimum Gasteiger partial charge on any atom is -0.458 e. The minimum atomic E-state index is -1.60. The number of aliphatic hydroxyl groups excluding tert-OH is 5. The summed E-state index contributed by atoms with van der Waals surface area (Å²) in [5.74, 6) is -0.832. The maximum absolute atomic E-state index is 13.2. The molecule has 3 fully saturated rings. The van der Waals surface area contributed by atoms with Crippen LogP contribution in [0.1, 0.15) is 69.4 Å². The molecule has 0 amide bonds. The summed E-state index contributed by atoms with van der Waals surface area (Å²) < 4.78 is 22.9. The Morgan fingerprint density at radius 3 is 2.36 bits per heavy atom. The van der Waals surface area contributed by atoms with Crippen molar-refractivity contribution in [1.82, 2.24) is 0 Å². The number of hydrogen-bond acceptors (Lipinski definition) is 11. The van der Waals surface area contributed by atoms with Gasteiger partial charge in [0.1, 0.15) is 42.4 Å². The minimum absolute atomic E-state index is 0.179. The number of ether oxygens (including phenoxy) is 3. The summed E-state index contributed by atoms with van der Waals surface area (Å²) in [4.78, 5) is 25.8. The highest BCUT2D eigenvalue weighted by atomic mass is 16.7. The van der Waals surface area contributed by atoms with Crippen LogP contribution in [0.15, 0.2) is 15.3 Å². The van der Waals surface area contributed by atoms with Crippen molar-refractivity contribution in [3.63, 3.8) is 0 Å². The van der Waals surface area contributed by atoms with Gasteiger partial charge in [0.05, 0.1) is 18.1 Å². The normalized spacial score (nSPS) is 45.8. The van der Waals surface area contributed by atoms with Crippen molar-refractivity contribution in [1.29, 1.82) is 0 Å². The van der Waals surface area contributed by atoms with Crippen molar-refractivity contribution in [2.45, 2.75) is 101 Å². The summed E-state index contributed by atoms with van der Waals surface area (Å²) in [5.41, 5.74) is -1.48. The predicted molar refractivity (Wildman–Crippen MR) is 121 cm³/mol. The molecule has 1 saturated carbocycles. The van der Waals surface area contributed by atoms with E-state index in [1.807, 2.05) is 20.8 Å². The Morgan fingerprint density at radius 2 is 1.72 bits per heavy atom. The van der Waals surface area contributed by atoms with Gasteiger partial charge in [0.2, 0.25) is 0 Å². The zero-order chi connectivity index (χ0) is 26.3. The summed E-state index contributed by atoms with van der Waals surface area (Å²) in [6.45, 7) is 6.74. The quantitative estimate of drug-likeness (QED) is 0.333. The fourth-order valence-electron chi connectivity index (χ4n) is 7.12. The van der Waals surface area contributed by atoms with Crippen LogP contribution in [0.3, 0.4) is 0 Å². The average Bonchev–Trinajstić information content (AvgIpc) is 3.08. The van der Waals surface area contributed by atoms with E-state index >= 15 is 0 Å². The molecule has 11 atom stereocenters. The first kappa shape index (κ1) is 25.8. The number of fused-ring (bicyclic) bond motifs is 2. The van der Waals surface area contributed by atoms with Crippen LogP contribution >= 0.6 is 0 Å². The standard InChI is InChI=1S/C25H34O11/c1-9(2)19-14-11(5-13(27)35-19)24(3)6-10(7-25(4)21(24)20(16(14)29)36-23(25)32)33-22-18(31)17(30)15(28)12(8-26)34-22/h5,9-10,12,15-18,20-22,26,28-31H,6-8H2,1-4H3. The van der Waals surface area contributed by atoms with E-state index in [1.165, 1.54) is 6.07 Å². The smallest absolute Gasteiger partial charge is 0.336 e. The van der Waals surface area contributed by atoms with E-state index in [0.29, 0.717) is 16.9 Å². The van der Waals surface area contributed by atoms with Gasteiger partial charge in [-0.2, -0.15) is 0 Å². The SMILES string of the molecule is CC(C)c1oc(=O)cc2c1C(O)C1OC(=O)C3(C)CC(OC4OC(CO)C(O)C(O)C4O)CC2(C)C13. The summed E-state index contributed by atoms with van der Waals surface area (Å²) in [6.07, 6.45) is -9.45. The molecule has 0 bridgehead atoms. The highest BCUT2D eigenvalue weighted by molar-refractivity contribution is 5.81. The van der Waals surface area contributed by atoms with Gasteiger partial charge in [-0.1, -0.05) is 20.8 Å². The van der Waals surface area contributed by atoms with Crippen LogP contribution in [0, 0.1) is 11.3 Å².